The van der Waals surface area contributed by atoms with Gasteiger partial charge in [0.2, 0.25) is 0 Å². The number of fused-ring (bicyclic) bond motifs is 3. The van der Waals surface area contributed by atoms with E-state index < -0.39 is 12.1 Å². The minimum Gasteiger partial charge on any atom is -0.489 e. The molecule has 2 aromatic heterocycles. The Hall–Kier alpha value is -3.16. The summed E-state index contributed by atoms with van der Waals surface area (Å²) in [7, 11) is 0. The number of pyridine rings is 1. The van der Waals surface area contributed by atoms with Gasteiger partial charge in [0.25, 0.3) is 11.5 Å². The number of nitrogens with one attached hydrogen (secondary N) is 1. The molecule has 9 nitrogen and oxygen atoms in total. The number of likely N-dealkylation sites (N-methyl/N-ethyl adjacent to an activating group) is 1. The van der Waals surface area contributed by atoms with Gasteiger partial charge in [-0.3, -0.25) is 9.59 Å². The van der Waals surface area contributed by atoms with Crippen molar-refractivity contribution in [1.82, 2.24) is 14.8 Å². The SMILES string of the molecule is CCCCn1c(=O)c2c(OCCOCC)c(C(=O)NCCN(CC)CC)sc2c2ccccc21.O=C(O)C(F)(F)F. The summed E-state index contributed by atoms with van der Waals surface area (Å²) in [5.41, 5.74) is 0.788. The van der Waals surface area contributed by atoms with Crippen LogP contribution >= 0.6 is 11.3 Å². The molecule has 1 aromatic carbocycles. The molecule has 0 aliphatic rings. The Morgan fingerprint density at radius 1 is 1.10 bits per heavy atom. The number of carboxylic acids is 1. The van der Waals surface area contributed by atoms with Crippen LogP contribution in [0.15, 0.2) is 29.1 Å². The Morgan fingerprint density at radius 2 is 1.76 bits per heavy atom. The van der Waals surface area contributed by atoms with E-state index in [1.54, 1.807) is 0 Å². The minimum absolute atomic E-state index is 0.105. The maximum atomic E-state index is 13.7. The van der Waals surface area contributed by atoms with Gasteiger partial charge < -0.3 is 29.4 Å². The highest BCUT2D eigenvalue weighted by molar-refractivity contribution is 7.22. The molecule has 228 valence electrons. The van der Waals surface area contributed by atoms with E-state index in [1.165, 1.54) is 11.3 Å². The van der Waals surface area contributed by atoms with E-state index >= 15 is 0 Å². The standard InChI is InChI=1S/C26H37N3O4S.C2HF3O2/c1-5-9-15-29-20-13-11-10-12-19(20)23-21(26(29)31)22(33-18-17-32-8-4)24(34-23)25(30)27-14-16-28(6-2)7-3;3-2(4,5)1(6)7/h10-13H,5-9,14-18H2,1-4H3,(H,27,30);(H,6,7). The molecule has 13 heteroatoms. The smallest absolute Gasteiger partial charge is 0.489 e. The second-order valence-corrected chi connectivity index (χ2v) is 9.94. The number of nitrogens with zero attached hydrogens (tertiary/aromatic N) is 2. The number of carboxylic acid groups (broad SMARTS) is 1. The monoisotopic (exact) mass is 601 g/mol. The van der Waals surface area contributed by atoms with Crippen molar-refractivity contribution in [2.75, 3.05) is 46.0 Å². The largest absolute Gasteiger partial charge is 0.490 e. The maximum absolute atomic E-state index is 13.7. The van der Waals surface area contributed by atoms with Crippen LogP contribution in [0.25, 0.3) is 21.0 Å². The van der Waals surface area contributed by atoms with Crippen LogP contribution < -0.4 is 15.6 Å². The molecule has 0 saturated carbocycles. The Labute approximate surface area is 240 Å². The first-order chi connectivity index (χ1) is 19.5. The molecule has 0 radical (unpaired) electrons. The lowest BCUT2D eigenvalue weighted by molar-refractivity contribution is -0.192. The normalized spacial score (nSPS) is 11.5. The number of aliphatic carboxylic acids is 1. The first-order valence-electron chi connectivity index (χ1n) is 13.6. The highest BCUT2D eigenvalue weighted by Crippen LogP contribution is 2.39. The molecule has 3 aromatic rings. The van der Waals surface area contributed by atoms with Crippen LogP contribution in [0.3, 0.4) is 0 Å². The number of alkyl halides is 3. The van der Waals surface area contributed by atoms with Gasteiger partial charge in [0.15, 0.2) is 5.75 Å². The van der Waals surface area contributed by atoms with E-state index in [1.807, 2.05) is 35.8 Å². The van der Waals surface area contributed by atoms with Crippen LogP contribution in [0.5, 0.6) is 5.75 Å². The lowest BCUT2D eigenvalue weighted by Crippen LogP contribution is -2.34. The first kappa shape index (κ1) is 34.0. The molecule has 2 heterocycles. The van der Waals surface area contributed by atoms with E-state index in [9.17, 15) is 22.8 Å². The number of aromatic nitrogens is 1. The molecular weight excluding hydrogens is 563 g/mol. The molecule has 3 rings (SSSR count). The third-order valence-corrected chi connectivity index (χ3v) is 7.44. The van der Waals surface area contributed by atoms with Crippen molar-refractivity contribution in [2.24, 2.45) is 0 Å². The number of thiophene rings is 1. The van der Waals surface area contributed by atoms with E-state index in [0.717, 1.165) is 48.1 Å². The van der Waals surface area contributed by atoms with Crippen LogP contribution in [0.4, 0.5) is 13.2 Å². The molecule has 0 spiro atoms. The van der Waals surface area contributed by atoms with Gasteiger partial charge in [-0.05, 0) is 32.5 Å². The molecule has 0 unspecified atom stereocenters. The minimum atomic E-state index is -5.08. The fourth-order valence-electron chi connectivity index (χ4n) is 4.07. The molecule has 0 atom stereocenters. The number of amides is 1. The van der Waals surface area contributed by atoms with E-state index in [-0.39, 0.29) is 18.1 Å². The number of hydrogen-bond acceptors (Lipinski definition) is 7. The number of hydrogen-bond donors (Lipinski definition) is 2. The van der Waals surface area contributed by atoms with Gasteiger partial charge in [-0.2, -0.15) is 13.2 Å². The van der Waals surface area contributed by atoms with Gasteiger partial charge >= 0.3 is 12.1 Å². The molecule has 0 aliphatic heterocycles. The van der Waals surface area contributed by atoms with Crippen LogP contribution in [0.1, 0.15) is 50.2 Å². The van der Waals surface area contributed by atoms with Crippen molar-refractivity contribution in [3.63, 3.8) is 0 Å². The number of ether oxygens (including phenoxy) is 2. The molecule has 0 saturated heterocycles. The number of halogens is 3. The van der Waals surface area contributed by atoms with Crippen molar-refractivity contribution < 1.29 is 37.3 Å². The summed E-state index contributed by atoms with van der Waals surface area (Å²) in [6.07, 6.45) is -3.20. The number of unbranched alkanes of at least 4 members (excludes halogenated alkanes) is 1. The third-order valence-electron chi connectivity index (χ3n) is 6.23. The number of benzene rings is 1. The number of carbonyl (C=O) groups is 2. The lowest BCUT2D eigenvalue weighted by atomic mass is 10.1. The van der Waals surface area contributed by atoms with Crippen molar-refractivity contribution in [2.45, 2.75) is 53.3 Å². The van der Waals surface area contributed by atoms with Gasteiger partial charge in [0, 0.05) is 31.6 Å². The average Bonchev–Trinajstić information content (AvgIpc) is 3.33. The summed E-state index contributed by atoms with van der Waals surface area (Å²) in [4.78, 5) is 38.5. The fourth-order valence-corrected chi connectivity index (χ4v) is 5.25. The molecule has 0 fully saturated rings. The Bertz CT molecular complexity index is 1350. The van der Waals surface area contributed by atoms with Crippen LogP contribution in [-0.2, 0) is 16.1 Å². The summed E-state index contributed by atoms with van der Waals surface area (Å²) in [5, 5.41) is 11.6. The van der Waals surface area contributed by atoms with Crippen LogP contribution in [0.2, 0.25) is 0 Å². The Kier molecular flexibility index (Phi) is 13.6. The van der Waals surface area contributed by atoms with Crippen molar-refractivity contribution >= 4 is 44.2 Å². The van der Waals surface area contributed by atoms with Crippen LogP contribution in [-0.4, -0.2) is 78.6 Å². The highest BCUT2D eigenvalue weighted by atomic mass is 32.1. The summed E-state index contributed by atoms with van der Waals surface area (Å²) in [6.45, 7) is 13.3. The predicted octanol–water partition coefficient (Wildman–Crippen LogP) is 5.14. The average molecular weight is 602 g/mol. The zero-order valence-corrected chi connectivity index (χ0v) is 24.6. The van der Waals surface area contributed by atoms with Gasteiger partial charge in [-0.1, -0.05) is 45.4 Å². The zero-order chi connectivity index (χ0) is 30.6. The number of carbonyl (C=O) groups excluding carboxylic acids is 1. The second kappa shape index (κ2) is 16.3. The molecule has 41 heavy (non-hydrogen) atoms. The summed E-state index contributed by atoms with van der Waals surface area (Å²) >= 11 is 1.34. The fraction of sp³-hybridized carbons (Fsp3) is 0.536. The number of aryl methyl sites for hydroxylation is 1. The van der Waals surface area contributed by atoms with Gasteiger partial charge in [-0.25, -0.2) is 4.79 Å². The Balaban J connectivity index is 0.000000745. The van der Waals surface area contributed by atoms with Crippen molar-refractivity contribution in [3.05, 3.63) is 39.5 Å². The summed E-state index contributed by atoms with van der Waals surface area (Å²) in [6, 6.07) is 7.91. The maximum Gasteiger partial charge on any atom is 0.490 e. The molecule has 0 bridgehead atoms. The highest BCUT2D eigenvalue weighted by Gasteiger charge is 2.38. The predicted molar refractivity (Wildman–Crippen MR) is 154 cm³/mol. The van der Waals surface area contributed by atoms with Gasteiger partial charge in [0.05, 0.1) is 16.8 Å². The summed E-state index contributed by atoms with van der Waals surface area (Å²) < 4.78 is 45.9. The van der Waals surface area contributed by atoms with Crippen LogP contribution in [0, 0.1) is 0 Å². The first-order valence-corrected chi connectivity index (χ1v) is 14.4. The van der Waals surface area contributed by atoms with E-state index in [4.69, 9.17) is 19.4 Å². The zero-order valence-electron chi connectivity index (χ0n) is 23.8. The Morgan fingerprint density at radius 3 is 2.34 bits per heavy atom. The lowest BCUT2D eigenvalue weighted by Gasteiger charge is -2.18. The third kappa shape index (κ3) is 9.17. The van der Waals surface area contributed by atoms with E-state index in [0.29, 0.717) is 42.3 Å². The molecular formula is C28H38F3N3O6S. The number of rotatable bonds is 14. The van der Waals surface area contributed by atoms with Crippen molar-refractivity contribution in [1.29, 1.82) is 0 Å². The number of para-hydroxylation sites is 1. The molecule has 0 aliphatic carbocycles. The quantitative estimate of drug-likeness (QED) is 0.246. The summed E-state index contributed by atoms with van der Waals surface area (Å²) in [5.74, 6) is -2.59. The molecule has 2 N–H and O–H groups in total. The molecule has 1 amide bonds. The topological polar surface area (TPSA) is 110 Å². The van der Waals surface area contributed by atoms with Crippen molar-refractivity contribution in [3.8, 4) is 5.75 Å². The van der Waals surface area contributed by atoms with E-state index in [2.05, 4.69) is 31.0 Å². The second-order valence-electron chi connectivity index (χ2n) is 8.92. The van der Waals surface area contributed by atoms with Gasteiger partial charge in [0.1, 0.15) is 16.9 Å². The van der Waals surface area contributed by atoms with Gasteiger partial charge in [-0.15, -0.1) is 11.3 Å².